The first-order valence-corrected chi connectivity index (χ1v) is 10.6. The number of ether oxygens (including phenoxy) is 1. The number of alkyl halides is 2. The molecule has 5 heteroatoms. The lowest BCUT2D eigenvalue weighted by molar-refractivity contribution is -0.0546. The molecule has 2 aliphatic rings. The number of allylic oxidation sites excluding steroid dienone is 1. The zero-order chi connectivity index (χ0) is 21.3. The van der Waals surface area contributed by atoms with E-state index in [1.807, 2.05) is 24.3 Å². The third kappa shape index (κ3) is 4.40. The summed E-state index contributed by atoms with van der Waals surface area (Å²) in [5.41, 5.74) is 2.19. The van der Waals surface area contributed by atoms with Gasteiger partial charge in [-0.15, -0.1) is 6.58 Å². The Morgan fingerprint density at radius 2 is 1.50 bits per heavy atom. The Balaban J connectivity index is 1.47. The topological polar surface area (TPSA) is 9.23 Å². The molecule has 0 aromatic heterocycles. The van der Waals surface area contributed by atoms with Crippen LogP contribution in [0.1, 0.15) is 50.0 Å². The van der Waals surface area contributed by atoms with Crippen molar-refractivity contribution in [3.8, 4) is 16.9 Å². The van der Waals surface area contributed by atoms with Gasteiger partial charge in [0.05, 0.1) is 0 Å². The zero-order valence-corrected chi connectivity index (χ0v) is 16.8. The first-order chi connectivity index (χ1) is 14.4. The molecule has 0 aliphatic heterocycles. The van der Waals surface area contributed by atoms with Crippen LogP contribution in [-0.2, 0) is 0 Å². The van der Waals surface area contributed by atoms with Crippen molar-refractivity contribution in [3.05, 3.63) is 66.3 Å². The molecule has 0 heterocycles. The quantitative estimate of drug-likeness (QED) is 0.357. The largest absolute Gasteiger partial charge is 0.429 e. The lowest BCUT2D eigenvalue weighted by Crippen LogP contribution is -2.29. The van der Waals surface area contributed by atoms with E-state index in [9.17, 15) is 17.6 Å². The number of hydrogen-bond acceptors (Lipinski definition) is 1. The summed E-state index contributed by atoms with van der Waals surface area (Å²) in [7, 11) is 0. The fourth-order valence-corrected chi connectivity index (χ4v) is 5.32. The van der Waals surface area contributed by atoms with E-state index in [1.54, 1.807) is 0 Å². The minimum Gasteiger partial charge on any atom is -0.429 e. The predicted molar refractivity (Wildman–Crippen MR) is 110 cm³/mol. The van der Waals surface area contributed by atoms with Crippen LogP contribution < -0.4 is 4.74 Å². The molecule has 0 N–H and O–H groups in total. The fraction of sp³-hybridized carbons (Fsp3) is 0.440. The Hall–Kier alpha value is -2.30. The van der Waals surface area contributed by atoms with E-state index in [1.165, 1.54) is 37.7 Å². The zero-order valence-electron chi connectivity index (χ0n) is 16.8. The monoisotopic (exact) mass is 418 g/mol. The van der Waals surface area contributed by atoms with Crippen LogP contribution in [0, 0.1) is 29.4 Å². The Labute approximate surface area is 174 Å². The van der Waals surface area contributed by atoms with E-state index in [-0.39, 0.29) is 0 Å². The molecule has 2 fully saturated rings. The molecule has 0 amide bonds. The van der Waals surface area contributed by atoms with Gasteiger partial charge in [-0.2, -0.15) is 8.78 Å². The van der Waals surface area contributed by atoms with Crippen LogP contribution in [0.4, 0.5) is 17.6 Å². The first-order valence-electron chi connectivity index (χ1n) is 10.6. The number of hydrogen-bond donors (Lipinski definition) is 0. The highest BCUT2D eigenvalue weighted by atomic mass is 19.3. The molecule has 30 heavy (non-hydrogen) atoms. The van der Waals surface area contributed by atoms with Crippen LogP contribution in [0.3, 0.4) is 0 Å². The van der Waals surface area contributed by atoms with Crippen LogP contribution in [0.25, 0.3) is 11.1 Å². The van der Waals surface area contributed by atoms with Crippen LogP contribution in [0.5, 0.6) is 5.75 Å². The molecule has 0 radical (unpaired) electrons. The van der Waals surface area contributed by atoms with E-state index in [2.05, 4.69) is 17.4 Å². The minimum absolute atomic E-state index is 0.296. The molecule has 2 aromatic rings. The lowest BCUT2D eigenvalue weighted by atomic mass is 9.64. The van der Waals surface area contributed by atoms with Crippen molar-refractivity contribution in [2.75, 3.05) is 0 Å². The molecule has 2 saturated carbocycles. The lowest BCUT2D eigenvalue weighted by Gasteiger charge is -2.41. The second-order valence-electron chi connectivity index (χ2n) is 8.61. The molecule has 2 aromatic carbocycles. The van der Waals surface area contributed by atoms with Crippen molar-refractivity contribution in [2.24, 2.45) is 17.8 Å². The summed E-state index contributed by atoms with van der Waals surface area (Å²) >= 11 is 0. The standard InChI is InChI=1S/C25H26F4O/c1-2-15-3-4-20-12-19(10-9-18(20)11-15)16-5-7-17(8-6-16)21-13-22(26)24(23(27)14-21)30-25(28)29/h2,5-8,13-15,18-20,25H,1,3-4,9-12H2. The van der Waals surface area contributed by atoms with Gasteiger partial charge < -0.3 is 4.74 Å². The summed E-state index contributed by atoms with van der Waals surface area (Å²) in [4.78, 5) is 0. The number of halogens is 4. The van der Waals surface area contributed by atoms with E-state index in [4.69, 9.17) is 0 Å². The Bertz CT molecular complexity index is 870. The van der Waals surface area contributed by atoms with Gasteiger partial charge in [0.2, 0.25) is 0 Å². The highest BCUT2D eigenvalue weighted by molar-refractivity contribution is 5.65. The summed E-state index contributed by atoms with van der Waals surface area (Å²) in [5, 5.41) is 0. The van der Waals surface area contributed by atoms with Crippen molar-refractivity contribution in [1.82, 2.24) is 0 Å². The van der Waals surface area contributed by atoms with Crippen LogP contribution in [-0.4, -0.2) is 6.61 Å². The van der Waals surface area contributed by atoms with Crippen molar-refractivity contribution in [1.29, 1.82) is 0 Å². The van der Waals surface area contributed by atoms with Gasteiger partial charge in [-0.25, -0.2) is 8.78 Å². The van der Waals surface area contributed by atoms with Gasteiger partial charge in [-0.1, -0.05) is 30.3 Å². The van der Waals surface area contributed by atoms with Gasteiger partial charge in [0, 0.05) is 0 Å². The maximum absolute atomic E-state index is 14.0. The molecular weight excluding hydrogens is 392 g/mol. The Morgan fingerprint density at radius 1 is 0.867 bits per heavy atom. The average Bonchev–Trinajstić information content (AvgIpc) is 2.75. The average molecular weight is 418 g/mol. The molecule has 160 valence electrons. The van der Waals surface area contributed by atoms with Gasteiger partial charge in [-0.3, -0.25) is 0 Å². The van der Waals surface area contributed by atoms with Crippen molar-refractivity contribution >= 4 is 0 Å². The maximum Gasteiger partial charge on any atom is 0.387 e. The Morgan fingerprint density at radius 3 is 2.13 bits per heavy atom. The van der Waals surface area contributed by atoms with E-state index in [0.29, 0.717) is 23.0 Å². The van der Waals surface area contributed by atoms with Gasteiger partial charge in [0.25, 0.3) is 0 Å². The second-order valence-corrected chi connectivity index (χ2v) is 8.61. The Kier molecular flexibility index (Phi) is 6.16. The van der Waals surface area contributed by atoms with Crippen molar-refractivity contribution < 1.29 is 22.3 Å². The third-order valence-corrected chi connectivity index (χ3v) is 6.91. The van der Waals surface area contributed by atoms with Gasteiger partial charge in [0.1, 0.15) is 0 Å². The van der Waals surface area contributed by atoms with Gasteiger partial charge >= 0.3 is 6.61 Å². The molecule has 4 rings (SSSR count). The van der Waals surface area contributed by atoms with Crippen molar-refractivity contribution in [2.45, 2.75) is 51.1 Å². The minimum atomic E-state index is -3.28. The normalized spacial score (nSPS) is 26.3. The molecule has 0 spiro atoms. The van der Waals surface area contributed by atoms with Gasteiger partial charge in [0.15, 0.2) is 17.4 Å². The number of fused-ring (bicyclic) bond motifs is 1. The molecule has 0 bridgehead atoms. The second kappa shape index (κ2) is 8.83. The molecule has 4 atom stereocenters. The van der Waals surface area contributed by atoms with E-state index >= 15 is 0 Å². The SMILES string of the molecule is C=CC1CCC2CC(c3ccc(-c4cc(F)c(OC(F)F)c(F)c4)cc3)CCC2C1. The summed E-state index contributed by atoms with van der Waals surface area (Å²) in [5.74, 6) is -0.572. The molecule has 2 aliphatic carbocycles. The fourth-order valence-electron chi connectivity index (χ4n) is 5.32. The summed E-state index contributed by atoms with van der Waals surface area (Å²) < 4.78 is 56.6. The number of rotatable bonds is 5. The highest BCUT2D eigenvalue weighted by Gasteiger charge is 2.35. The summed E-state index contributed by atoms with van der Waals surface area (Å²) in [6, 6.07) is 9.79. The third-order valence-electron chi connectivity index (χ3n) is 6.91. The van der Waals surface area contributed by atoms with Gasteiger partial charge in [-0.05, 0) is 91.0 Å². The van der Waals surface area contributed by atoms with E-state index in [0.717, 1.165) is 30.4 Å². The first kappa shape index (κ1) is 21.0. The summed E-state index contributed by atoms with van der Waals surface area (Å²) in [6.45, 7) is 0.682. The molecule has 4 unspecified atom stereocenters. The molecule has 1 nitrogen and oxygen atoms in total. The maximum atomic E-state index is 14.0. The highest BCUT2D eigenvalue weighted by Crippen LogP contribution is 2.47. The molecule has 0 saturated heterocycles. The number of benzene rings is 2. The van der Waals surface area contributed by atoms with Crippen LogP contribution >= 0.6 is 0 Å². The van der Waals surface area contributed by atoms with Crippen molar-refractivity contribution in [3.63, 3.8) is 0 Å². The summed E-state index contributed by atoms with van der Waals surface area (Å²) in [6.07, 6.45) is 9.47. The van der Waals surface area contributed by atoms with E-state index < -0.39 is 24.0 Å². The van der Waals surface area contributed by atoms with Crippen LogP contribution in [0.2, 0.25) is 0 Å². The smallest absolute Gasteiger partial charge is 0.387 e. The van der Waals surface area contributed by atoms with Crippen LogP contribution in [0.15, 0.2) is 49.1 Å². The molecular formula is C25H26F4O. The predicted octanol–water partition coefficient (Wildman–Crippen LogP) is 7.72.